The number of carbonyl (C=O) groups excluding carboxylic acids is 1. The number of carbonyl (C=O) groups is 1. The highest BCUT2D eigenvalue weighted by atomic mass is 35.5. The Morgan fingerprint density at radius 3 is 2.41 bits per heavy atom. The van der Waals surface area contributed by atoms with Gasteiger partial charge in [0.2, 0.25) is 0 Å². The van der Waals surface area contributed by atoms with Gasteiger partial charge in [-0.1, -0.05) is 41.9 Å². The number of hydrogen-bond donors (Lipinski definition) is 3. The third-order valence-electron chi connectivity index (χ3n) is 3.93. The maximum atomic E-state index is 12.2. The molecule has 0 radical (unpaired) electrons. The summed E-state index contributed by atoms with van der Waals surface area (Å²) >= 11 is 11.2. The first-order valence-corrected chi connectivity index (χ1v) is 9.46. The summed E-state index contributed by atoms with van der Waals surface area (Å²) in [7, 11) is 0. The van der Waals surface area contributed by atoms with Crippen LogP contribution in [0.3, 0.4) is 0 Å². The number of halogens is 1. The van der Waals surface area contributed by atoms with E-state index in [1.54, 1.807) is 19.1 Å². The molecule has 0 aromatic heterocycles. The van der Waals surface area contributed by atoms with Crippen molar-refractivity contribution < 1.29 is 9.53 Å². The lowest BCUT2D eigenvalue weighted by Crippen LogP contribution is -2.50. The zero-order valence-corrected chi connectivity index (χ0v) is 17.2. The van der Waals surface area contributed by atoms with E-state index < -0.39 is 6.10 Å². The van der Waals surface area contributed by atoms with Crippen molar-refractivity contribution in [3.8, 4) is 5.75 Å². The van der Waals surface area contributed by atoms with E-state index in [-0.39, 0.29) is 5.91 Å². The average molecular weight is 406 g/mol. The Hall–Kier alpha value is -2.31. The molecule has 1 atom stereocenters. The number of amides is 1. The largest absolute Gasteiger partial charge is 0.480 e. The SMILES string of the molecule is Cc1cc(Cl)cc(C)c1O[C@H](C)C(=O)NNC(=S)NCCc1ccccc1. The van der Waals surface area contributed by atoms with E-state index in [4.69, 9.17) is 28.6 Å². The summed E-state index contributed by atoms with van der Waals surface area (Å²) in [6, 6.07) is 13.7. The van der Waals surface area contributed by atoms with E-state index in [1.807, 2.05) is 32.0 Å². The molecule has 0 fully saturated rings. The highest BCUT2D eigenvalue weighted by molar-refractivity contribution is 7.80. The molecule has 0 aliphatic carbocycles. The van der Waals surface area contributed by atoms with E-state index in [0.717, 1.165) is 17.5 Å². The molecule has 0 unspecified atom stereocenters. The van der Waals surface area contributed by atoms with E-state index in [2.05, 4.69) is 28.3 Å². The van der Waals surface area contributed by atoms with Crippen molar-refractivity contribution in [2.75, 3.05) is 6.54 Å². The van der Waals surface area contributed by atoms with Crippen LogP contribution in [0.15, 0.2) is 42.5 Å². The van der Waals surface area contributed by atoms with Crippen molar-refractivity contribution in [2.45, 2.75) is 33.3 Å². The van der Waals surface area contributed by atoms with Gasteiger partial charge in [0.25, 0.3) is 5.91 Å². The standard InChI is InChI=1S/C20H24ClN3O2S/c1-13-11-17(21)12-14(2)18(13)26-15(3)19(25)23-24-20(27)22-10-9-16-7-5-4-6-8-16/h4-8,11-12,15H,9-10H2,1-3H3,(H,23,25)(H2,22,24,27)/t15-/m1/s1. The van der Waals surface area contributed by atoms with Crippen LogP contribution in [0.2, 0.25) is 5.02 Å². The predicted molar refractivity (Wildman–Crippen MR) is 113 cm³/mol. The van der Waals surface area contributed by atoms with Gasteiger partial charge in [0.15, 0.2) is 11.2 Å². The van der Waals surface area contributed by atoms with Crippen LogP contribution in [0.1, 0.15) is 23.6 Å². The number of benzene rings is 2. The first kappa shape index (κ1) is 21.0. The molecule has 0 saturated carbocycles. The summed E-state index contributed by atoms with van der Waals surface area (Å²) in [5.41, 5.74) is 8.23. The van der Waals surface area contributed by atoms with Crippen LogP contribution in [-0.4, -0.2) is 23.7 Å². The molecule has 0 aliphatic rings. The number of aryl methyl sites for hydroxylation is 2. The van der Waals surface area contributed by atoms with Crippen molar-refractivity contribution in [3.63, 3.8) is 0 Å². The molecule has 0 heterocycles. The molecule has 2 aromatic rings. The smallest absolute Gasteiger partial charge is 0.279 e. The Kier molecular flexibility index (Phi) is 7.88. The number of rotatable bonds is 6. The lowest BCUT2D eigenvalue weighted by atomic mass is 10.1. The zero-order chi connectivity index (χ0) is 19.8. The van der Waals surface area contributed by atoms with Gasteiger partial charge in [-0.2, -0.15) is 0 Å². The molecule has 0 spiro atoms. The van der Waals surface area contributed by atoms with Crippen LogP contribution < -0.4 is 20.9 Å². The summed E-state index contributed by atoms with van der Waals surface area (Å²) in [5.74, 6) is 0.335. The van der Waals surface area contributed by atoms with Crippen molar-refractivity contribution in [1.82, 2.24) is 16.2 Å². The Morgan fingerprint density at radius 2 is 1.78 bits per heavy atom. The van der Waals surface area contributed by atoms with Crippen LogP contribution in [0.25, 0.3) is 0 Å². The van der Waals surface area contributed by atoms with E-state index in [1.165, 1.54) is 5.56 Å². The van der Waals surface area contributed by atoms with Crippen molar-refractivity contribution in [1.29, 1.82) is 0 Å². The van der Waals surface area contributed by atoms with Crippen LogP contribution in [0.5, 0.6) is 5.75 Å². The number of ether oxygens (including phenoxy) is 1. The molecule has 2 rings (SSSR count). The minimum absolute atomic E-state index is 0.323. The summed E-state index contributed by atoms with van der Waals surface area (Å²) < 4.78 is 5.79. The van der Waals surface area contributed by atoms with Gasteiger partial charge in [-0.25, -0.2) is 0 Å². The summed E-state index contributed by atoms with van der Waals surface area (Å²) in [6.45, 7) is 6.13. The number of thiocarbonyl (C=S) groups is 1. The van der Waals surface area contributed by atoms with Crippen LogP contribution in [-0.2, 0) is 11.2 Å². The number of hydrogen-bond acceptors (Lipinski definition) is 3. The van der Waals surface area contributed by atoms with Gasteiger partial charge < -0.3 is 10.1 Å². The van der Waals surface area contributed by atoms with E-state index in [9.17, 15) is 4.79 Å². The molecule has 144 valence electrons. The van der Waals surface area contributed by atoms with Gasteiger partial charge in [0.05, 0.1) is 0 Å². The molecule has 5 nitrogen and oxygen atoms in total. The van der Waals surface area contributed by atoms with E-state index in [0.29, 0.717) is 22.4 Å². The molecule has 3 N–H and O–H groups in total. The van der Waals surface area contributed by atoms with Gasteiger partial charge in [-0.15, -0.1) is 0 Å². The maximum absolute atomic E-state index is 12.2. The first-order chi connectivity index (χ1) is 12.9. The molecule has 0 aliphatic heterocycles. The molecular weight excluding hydrogens is 382 g/mol. The Balaban J connectivity index is 1.75. The quantitative estimate of drug-likeness (QED) is 0.507. The van der Waals surface area contributed by atoms with Gasteiger partial charge in [0, 0.05) is 11.6 Å². The fourth-order valence-corrected chi connectivity index (χ4v) is 3.02. The van der Waals surface area contributed by atoms with Crippen LogP contribution >= 0.6 is 23.8 Å². The second-order valence-electron chi connectivity index (χ2n) is 6.23. The molecule has 2 aromatic carbocycles. The second-order valence-corrected chi connectivity index (χ2v) is 7.08. The van der Waals surface area contributed by atoms with Crippen LogP contribution in [0.4, 0.5) is 0 Å². The molecule has 27 heavy (non-hydrogen) atoms. The van der Waals surface area contributed by atoms with Gasteiger partial charge in [-0.3, -0.25) is 15.6 Å². The molecule has 0 bridgehead atoms. The highest BCUT2D eigenvalue weighted by Gasteiger charge is 2.17. The van der Waals surface area contributed by atoms with Crippen molar-refractivity contribution in [2.24, 2.45) is 0 Å². The lowest BCUT2D eigenvalue weighted by Gasteiger charge is -2.19. The highest BCUT2D eigenvalue weighted by Crippen LogP contribution is 2.27. The summed E-state index contributed by atoms with van der Waals surface area (Å²) in [6.07, 6.45) is 0.147. The summed E-state index contributed by atoms with van der Waals surface area (Å²) in [4.78, 5) is 12.2. The zero-order valence-electron chi connectivity index (χ0n) is 15.6. The first-order valence-electron chi connectivity index (χ1n) is 8.68. The van der Waals surface area contributed by atoms with Crippen LogP contribution in [0, 0.1) is 13.8 Å². The number of nitrogens with one attached hydrogen (secondary N) is 3. The fourth-order valence-electron chi connectivity index (χ4n) is 2.54. The lowest BCUT2D eigenvalue weighted by molar-refractivity contribution is -0.127. The third-order valence-corrected chi connectivity index (χ3v) is 4.39. The minimum Gasteiger partial charge on any atom is -0.480 e. The topological polar surface area (TPSA) is 62.4 Å². The van der Waals surface area contributed by atoms with Gasteiger partial charge in [-0.05, 0) is 68.2 Å². The number of hydrazine groups is 1. The third kappa shape index (κ3) is 6.73. The molecule has 7 heteroatoms. The van der Waals surface area contributed by atoms with Crippen molar-refractivity contribution >= 4 is 34.8 Å². The maximum Gasteiger partial charge on any atom is 0.279 e. The molecule has 1 amide bonds. The van der Waals surface area contributed by atoms with Gasteiger partial charge >= 0.3 is 0 Å². The average Bonchev–Trinajstić information content (AvgIpc) is 2.63. The minimum atomic E-state index is -0.691. The Labute approximate surface area is 170 Å². The molecule has 0 saturated heterocycles. The monoisotopic (exact) mass is 405 g/mol. The summed E-state index contributed by atoms with van der Waals surface area (Å²) in [5, 5.41) is 4.04. The Morgan fingerprint density at radius 1 is 1.15 bits per heavy atom. The predicted octanol–water partition coefficient (Wildman–Crippen LogP) is 3.46. The van der Waals surface area contributed by atoms with Crippen molar-refractivity contribution in [3.05, 3.63) is 64.2 Å². The fraction of sp³-hybridized carbons (Fsp3) is 0.300. The molecular formula is C20H24ClN3O2S. The van der Waals surface area contributed by atoms with Gasteiger partial charge in [0.1, 0.15) is 5.75 Å². The van der Waals surface area contributed by atoms with E-state index >= 15 is 0 Å². The second kappa shape index (κ2) is 10.1. The Bertz CT molecular complexity index is 776. The normalized spacial score (nSPS) is 11.4.